The van der Waals surface area contributed by atoms with Crippen molar-refractivity contribution in [2.24, 2.45) is 11.7 Å². The molecule has 2 atom stereocenters. The molecule has 1 aliphatic carbocycles. The maximum absolute atomic E-state index is 12.2. The molecule has 0 aromatic carbocycles. The standard InChI is InChI=1S/C12H19N3OS/c1-8-14-9(7-17-8)6-15(2)12(16)10-4-3-5-11(10)13/h7,10-11H,3-6,13H2,1-2H3. The van der Waals surface area contributed by atoms with Gasteiger partial charge in [0.25, 0.3) is 0 Å². The van der Waals surface area contributed by atoms with E-state index in [1.54, 1.807) is 16.2 Å². The lowest BCUT2D eigenvalue weighted by atomic mass is 10.0. The highest BCUT2D eigenvalue weighted by Gasteiger charge is 2.32. The van der Waals surface area contributed by atoms with E-state index in [-0.39, 0.29) is 17.9 Å². The third-order valence-corrected chi connectivity index (χ3v) is 4.15. The number of amides is 1. The summed E-state index contributed by atoms with van der Waals surface area (Å²) in [7, 11) is 1.84. The van der Waals surface area contributed by atoms with E-state index in [1.165, 1.54) is 0 Å². The molecule has 1 aromatic heterocycles. The highest BCUT2D eigenvalue weighted by atomic mass is 32.1. The second-order valence-electron chi connectivity index (χ2n) is 4.75. The molecule has 0 aliphatic heterocycles. The zero-order valence-electron chi connectivity index (χ0n) is 10.3. The second-order valence-corrected chi connectivity index (χ2v) is 5.82. The van der Waals surface area contributed by atoms with E-state index in [1.807, 2.05) is 19.4 Å². The predicted octanol–water partition coefficient (Wildman–Crippen LogP) is 1.54. The first-order valence-electron chi connectivity index (χ1n) is 5.99. The van der Waals surface area contributed by atoms with Crippen LogP contribution in [-0.2, 0) is 11.3 Å². The van der Waals surface area contributed by atoms with Crippen LogP contribution in [0.5, 0.6) is 0 Å². The number of hydrogen-bond acceptors (Lipinski definition) is 4. The Labute approximate surface area is 106 Å². The van der Waals surface area contributed by atoms with Crippen molar-refractivity contribution >= 4 is 17.2 Å². The molecule has 0 radical (unpaired) electrons. The molecule has 1 aliphatic rings. The first kappa shape index (κ1) is 12.5. The third kappa shape index (κ3) is 2.84. The van der Waals surface area contributed by atoms with E-state index in [2.05, 4.69) is 4.98 Å². The average Bonchev–Trinajstić information content (AvgIpc) is 2.86. The Kier molecular flexibility index (Phi) is 3.79. The topological polar surface area (TPSA) is 59.2 Å². The molecule has 2 rings (SSSR count). The molecule has 1 heterocycles. The van der Waals surface area contributed by atoms with Gasteiger partial charge in [0, 0.05) is 18.5 Å². The fourth-order valence-corrected chi connectivity index (χ4v) is 2.98. The Hall–Kier alpha value is -0.940. The second kappa shape index (κ2) is 5.14. The quantitative estimate of drug-likeness (QED) is 0.889. The van der Waals surface area contributed by atoms with Crippen molar-refractivity contribution in [2.75, 3.05) is 7.05 Å². The molecule has 94 valence electrons. The average molecular weight is 253 g/mol. The molecular weight excluding hydrogens is 234 g/mol. The summed E-state index contributed by atoms with van der Waals surface area (Å²) in [4.78, 5) is 18.3. The van der Waals surface area contributed by atoms with Crippen LogP contribution >= 0.6 is 11.3 Å². The number of aromatic nitrogens is 1. The van der Waals surface area contributed by atoms with Gasteiger partial charge in [-0.15, -0.1) is 11.3 Å². The van der Waals surface area contributed by atoms with Gasteiger partial charge in [-0.1, -0.05) is 6.42 Å². The largest absolute Gasteiger partial charge is 0.340 e. The minimum absolute atomic E-state index is 0.0136. The van der Waals surface area contributed by atoms with Gasteiger partial charge < -0.3 is 10.6 Å². The Bertz CT molecular complexity index is 404. The fraction of sp³-hybridized carbons (Fsp3) is 0.667. The zero-order valence-corrected chi connectivity index (χ0v) is 11.2. The van der Waals surface area contributed by atoms with E-state index in [9.17, 15) is 4.79 Å². The van der Waals surface area contributed by atoms with Gasteiger partial charge in [-0.3, -0.25) is 4.79 Å². The van der Waals surface area contributed by atoms with Crippen LogP contribution in [0.15, 0.2) is 5.38 Å². The Morgan fingerprint density at radius 3 is 2.94 bits per heavy atom. The number of hydrogen-bond donors (Lipinski definition) is 1. The smallest absolute Gasteiger partial charge is 0.227 e. The molecule has 5 heteroatoms. The summed E-state index contributed by atoms with van der Waals surface area (Å²) in [5.41, 5.74) is 6.92. The zero-order chi connectivity index (χ0) is 12.4. The summed E-state index contributed by atoms with van der Waals surface area (Å²) in [6, 6.07) is 0.0436. The van der Waals surface area contributed by atoms with Gasteiger partial charge in [0.05, 0.1) is 23.2 Å². The maximum Gasteiger partial charge on any atom is 0.227 e. The van der Waals surface area contributed by atoms with Crippen molar-refractivity contribution in [1.82, 2.24) is 9.88 Å². The molecule has 1 fully saturated rings. The Balaban J connectivity index is 1.95. The highest BCUT2D eigenvalue weighted by molar-refractivity contribution is 7.09. The van der Waals surface area contributed by atoms with Crippen molar-refractivity contribution in [3.8, 4) is 0 Å². The lowest BCUT2D eigenvalue weighted by Gasteiger charge is -2.22. The molecular formula is C12H19N3OS. The molecule has 1 amide bonds. The minimum Gasteiger partial charge on any atom is -0.340 e. The van der Waals surface area contributed by atoms with Crippen molar-refractivity contribution in [3.63, 3.8) is 0 Å². The normalized spacial score (nSPS) is 23.9. The predicted molar refractivity (Wildman–Crippen MR) is 68.6 cm³/mol. The molecule has 1 saturated carbocycles. The van der Waals surface area contributed by atoms with Crippen molar-refractivity contribution in [2.45, 2.75) is 38.8 Å². The number of rotatable bonds is 3. The van der Waals surface area contributed by atoms with E-state index in [0.717, 1.165) is 30.0 Å². The van der Waals surface area contributed by atoms with Gasteiger partial charge in [-0.25, -0.2) is 4.98 Å². The van der Waals surface area contributed by atoms with Gasteiger partial charge >= 0.3 is 0 Å². The van der Waals surface area contributed by atoms with E-state index < -0.39 is 0 Å². The summed E-state index contributed by atoms with van der Waals surface area (Å²) in [6.07, 6.45) is 2.97. The molecule has 0 saturated heterocycles. The minimum atomic E-state index is 0.0136. The summed E-state index contributed by atoms with van der Waals surface area (Å²) >= 11 is 1.62. The molecule has 2 N–H and O–H groups in total. The maximum atomic E-state index is 12.2. The molecule has 4 nitrogen and oxygen atoms in total. The summed E-state index contributed by atoms with van der Waals surface area (Å²) in [5.74, 6) is 0.181. The van der Waals surface area contributed by atoms with Crippen LogP contribution in [0.2, 0.25) is 0 Å². The molecule has 2 unspecified atom stereocenters. The van der Waals surface area contributed by atoms with Gasteiger partial charge in [-0.2, -0.15) is 0 Å². The van der Waals surface area contributed by atoms with Crippen LogP contribution in [0.1, 0.15) is 30.0 Å². The highest BCUT2D eigenvalue weighted by Crippen LogP contribution is 2.26. The number of carbonyl (C=O) groups excluding carboxylic acids is 1. The van der Waals surface area contributed by atoms with Gasteiger partial charge in [-0.05, 0) is 19.8 Å². The first-order chi connectivity index (χ1) is 8.08. The number of aryl methyl sites for hydroxylation is 1. The number of nitrogens with zero attached hydrogens (tertiary/aromatic N) is 2. The Morgan fingerprint density at radius 1 is 1.65 bits per heavy atom. The SMILES string of the molecule is Cc1nc(CN(C)C(=O)C2CCCC2N)cs1. The van der Waals surface area contributed by atoms with Crippen LogP contribution in [0.3, 0.4) is 0 Å². The lowest BCUT2D eigenvalue weighted by Crippen LogP contribution is -2.39. The van der Waals surface area contributed by atoms with Crippen LogP contribution in [-0.4, -0.2) is 28.9 Å². The molecule has 0 spiro atoms. The van der Waals surface area contributed by atoms with E-state index in [0.29, 0.717) is 6.54 Å². The van der Waals surface area contributed by atoms with Gasteiger partial charge in [0.2, 0.25) is 5.91 Å². The van der Waals surface area contributed by atoms with Crippen LogP contribution < -0.4 is 5.73 Å². The summed E-state index contributed by atoms with van der Waals surface area (Å²) in [5, 5.41) is 3.05. The molecule has 0 bridgehead atoms. The van der Waals surface area contributed by atoms with Crippen molar-refractivity contribution in [1.29, 1.82) is 0 Å². The third-order valence-electron chi connectivity index (χ3n) is 3.33. The monoisotopic (exact) mass is 253 g/mol. The van der Waals surface area contributed by atoms with Crippen molar-refractivity contribution in [3.05, 3.63) is 16.1 Å². The summed E-state index contributed by atoms with van der Waals surface area (Å²) in [6.45, 7) is 2.56. The van der Waals surface area contributed by atoms with Gasteiger partial charge in [0.15, 0.2) is 0 Å². The number of carbonyl (C=O) groups is 1. The van der Waals surface area contributed by atoms with Crippen LogP contribution in [0, 0.1) is 12.8 Å². The molecule has 17 heavy (non-hydrogen) atoms. The molecule has 1 aromatic rings. The Morgan fingerprint density at radius 2 is 2.41 bits per heavy atom. The fourth-order valence-electron chi connectivity index (χ4n) is 2.38. The van der Waals surface area contributed by atoms with Crippen LogP contribution in [0.4, 0.5) is 0 Å². The van der Waals surface area contributed by atoms with E-state index >= 15 is 0 Å². The van der Waals surface area contributed by atoms with E-state index in [4.69, 9.17) is 5.73 Å². The van der Waals surface area contributed by atoms with Crippen molar-refractivity contribution < 1.29 is 4.79 Å². The number of nitrogens with two attached hydrogens (primary N) is 1. The number of thiazole rings is 1. The summed E-state index contributed by atoms with van der Waals surface area (Å²) < 4.78 is 0. The van der Waals surface area contributed by atoms with Gasteiger partial charge in [0.1, 0.15) is 0 Å². The first-order valence-corrected chi connectivity index (χ1v) is 6.87. The lowest BCUT2D eigenvalue weighted by molar-refractivity contribution is -0.134. The van der Waals surface area contributed by atoms with Crippen LogP contribution in [0.25, 0.3) is 0 Å².